The summed E-state index contributed by atoms with van der Waals surface area (Å²) in [5.41, 5.74) is 0.542. The first kappa shape index (κ1) is 13.9. The largest absolute Gasteiger partial charge is 0.314 e. The zero-order valence-electron chi connectivity index (χ0n) is 12.8. The molecular formula is C17H32N2. The van der Waals surface area contributed by atoms with Crippen molar-refractivity contribution in [2.45, 2.75) is 82.7 Å². The lowest BCUT2D eigenvalue weighted by atomic mass is 9.75. The normalized spacial score (nSPS) is 36.5. The van der Waals surface area contributed by atoms with Gasteiger partial charge < -0.3 is 5.32 Å². The molecule has 0 aromatic heterocycles. The molecule has 1 saturated heterocycles. The van der Waals surface area contributed by atoms with Crippen LogP contribution in [0.3, 0.4) is 0 Å². The van der Waals surface area contributed by atoms with Crippen molar-refractivity contribution < 1.29 is 0 Å². The minimum Gasteiger partial charge on any atom is -0.314 e. The molecule has 0 unspecified atom stereocenters. The molecule has 2 aliphatic carbocycles. The van der Waals surface area contributed by atoms with Crippen LogP contribution in [0.5, 0.6) is 0 Å². The molecule has 1 N–H and O–H groups in total. The summed E-state index contributed by atoms with van der Waals surface area (Å²) in [6.45, 7) is 6.16. The van der Waals surface area contributed by atoms with Gasteiger partial charge in [-0.05, 0) is 44.4 Å². The summed E-state index contributed by atoms with van der Waals surface area (Å²) in [6.07, 6.45) is 14.6. The Morgan fingerprint density at radius 2 is 1.79 bits per heavy atom. The van der Waals surface area contributed by atoms with Gasteiger partial charge in [0.2, 0.25) is 0 Å². The van der Waals surface area contributed by atoms with Gasteiger partial charge >= 0.3 is 0 Å². The Hall–Kier alpha value is -0.0800. The van der Waals surface area contributed by atoms with Crippen LogP contribution in [0.2, 0.25) is 0 Å². The van der Waals surface area contributed by atoms with E-state index in [1.165, 1.54) is 83.8 Å². The van der Waals surface area contributed by atoms with Crippen LogP contribution >= 0.6 is 0 Å². The van der Waals surface area contributed by atoms with Gasteiger partial charge in [0.1, 0.15) is 0 Å². The van der Waals surface area contributed by atoms with Gasteiger partial charge in [0, 0.05) is 31.2 Å². The van der Waals surface area contributed by atoms with E-state index in [-0.39, 0.29) is 0 Å². The average molecular weight is 264 g/mol. The molecule has 19 heavy (non-hydrogen) atoms. The summed E-state index contributed by atoms with van der Waals surface area (Å²) in [5, 5.41) is 3.69. The highest BCUT2D eigenvalue weighted by Gasteiger charge is 2.43. The van der Waals surface area contributed by atoms with Crippen molar-refractivity contribution in [2.24, 2.45) is 5.92 Å². The first-order chi connectivity index (χ1) is 9.34. The molecule has 0 radical (unpaired) electrons. The zero-order valence-corrected chi connectivity index (χ0v) is 12.8. The maximum atomic E-state index is 3.69. The monoisotopic (exact) mass is 264 g/mol. The first-order valence-corrected chi connectivity index (χ1v) is 8.81. The second-order valence-corrected chi connectivity index (χ2v) is 7.24. The first-order valence-electron chi connectivity index (χ1n) is 8.81. The Labute approximate surface area is 119 Å². The number of hydrogen-bond acceptors (Lipinski definition) is 2. The van der Waals surface area contributed by atoms with E-state index in [0.29, 0.717) is 5.54 Å². The van der Waals surface area contributed by atoms with Gasteiger partial charge in [-0.1, -0.05) is 32.6 Å². The Morgan fingerprint density at radius 3 is 2.47 bits per heavy atom. The van der Waals surface area contributed by atoms with Crippen LogP contribution in [0.4, 0.5) is 0 Å². The van der Waals surface area contributed by atoms with Gasteiger partial charge in [0.15, 0.2) is 0 Å². The van der Waals surface area contributed by atoms with Crippen molar-refractivity contribution in [3.63, 3.8) is 0 Å². The minimum absolute atomic E-state index is 0.542. The van der Waals surface area contributed by atoms with E-state index in [2.05, 4.69) is 17.1 Å². The second-order valence-electron chi connectivity index (χ2n) is 7.24. The molecule has 3 aliphatic rings. The number of piperazine rings is 1. The number of nitrogens with one attached hydrogen (secondary N) is 1. The summed E-state index contributed by atoms with van der Waals surface area (Å²) < 4.78 is 0. The van der Waals surface area contributed by atoms with Crippen LogP contribution in [0.15, 0.2) is 0 Å². The van der Waals surface area contributed by atoms with E-state index in [1.54, 1.807) is 0 Å². The van der Waals surface area contributed by atoms with Crippen LogP contribution < -0.4 is 5.32 Å². The highest BCUT2D eigenvalue weighted by atomic mass is 15.3. The summed E-state index contributed by atoms with van der Waals surface area (Å²) >= 11 is 0. The van der Waals surface area contributed by atoms with E-state index in [0.717, 1.165) is 12.0 Å². The Kier molecular flexibility index (Phi) is 4.48. The van der Waals surface area contributed by atoms with Crippen molar-refractivity contribution in [3.8, 4) is 0 Å². The number of hydrogen-bond donors (Lipinski definition) is 1. The van der Waals surface area contributed by atoms with Crippen molar-refractivity contribution in [3.05, 3.63) is 0 Å². The molecule has 110 valence electrons. The Balaban J connectivity index is 1.67. The third kappa shape index (κ3) is 2.85. The van der Waals surface area contributed by atoms with Gasteiger partial charge in [-0.25, -0.2) is 0 Å². The van der Waals surface area contributed by atoms with E-state index >= 15 is 0 Å². The molecule has 2 nitrogen and oxygen atoms in total. The van der Waals surface area contributed by atoms with Crippen LogP contribution in [-0.4, -0.2) is 36.1 Å². The molecule has 1 spiro atoms. The average Bonchev–Trinajstić information content (AvgIpc) is 2.49. The van der Waals surface area contributed by atoms with E-state index in [1.807, 2.05) is 0 Å². The maximum absolute atomic E-state index is 3.69. The fourth-order valence-electron chi connectivity index (χ4n) is 4.97. The molecule has 0 atom stereocenters. The molecule has 1 heterocycles. The van der Waals surface area contributed by atoms with E-state index in [9.17, 15) is 0 Å². The predicted molar refractivity (Wildman–Crippen MR) is 81.4 cm³/mol. The maximum Gasteiger partial charge on any atom is 0.0337 e. The Morgan fingerprint density at radius 1 is 1.05 bits per heavy atom. The molecule has 1 aliphatic heterocycles. The van der Waals surface area contributed by atoms with Gasteiger partial charge in [-0.3, -0.25) is 4.90 Å². The number of nitrogens with zero attached hydrogens (tertiary/aromatic N) is 1. The number of rotatable bonds is 2. The van der Waals surface area contributed by atoms with E-state index in [4.69, 9.17) is 0 Å². The molecule has 0 bridgehead atoms. The lowest BCUT2D eigenvalue weighted by Gasteiger charge is -2.54. The molecular weight excluding hydrogens is 232 g/mol. The van der Waals surface area contributed by atoms with Gasteiger partial charge in [-0.15, -0.1) is 0 Å². The quantitative estimate of drug-likeness (QED) is 0.820. The van der Waals surface area contributed by atoms with Crippen LogP contribution in [-0.2, 0) is 0 Å². The standard InChI is InChI=1S/C17H32N2/c1-2-15-6-8-16(9-7-15)19-13-12-18-14-17(19)10-4-3-5-11-17/h15-16,18H,2-14H2,1H3. The third-order valence-electron chi connectivity index (χ3n) is 6.21. The van der Waals surface area contributed by atoms with Gasteiger partial charge in [-0.2, -0.15) is 0 Å². The molecule has 0 aromatic carbocycles. The minimum atomic E-state index is 0.542. The van der Waals surface area contributed by atoms with Crippen molar-refractivity contribution >= 4 is 0 Å². The molecule has 2 heteroatoms. The van der Waals surface area contributed by atoms with Crippen molar-refractivity contribution in [1.82, 2.24) is 10.2 Å². The topological polar surface area (TPSA) is 15.3 Å². The van der Waals surface area contributed by atoms with Gasteiger partial charge in [0.05, 0.1) is 0 Å². The zero-order chi connectivity index (χ0) is 13.1. The summed E-state index contributed by atoms with van der Waals surface area (Å²) in [6, 6.07) is 0.906. The molecule has 3 rings (SSSR count). The lowest BCUT2D eigenvalue weighted by Crippen LogP contribution is -2.65. The fourth-order valence-corrected chi connectivity index (χ4v) is 4.97. The molecule has 0 aromatic rings. The Bertz CT molecular complexity index is 267. The summed E-state index contributed by atoms with van der Waals surface area (Å²) in [7, 11) is 0. The van der Waals surface area contributed by atoms with Crippen molar-refractivity contribution in [2.75, 3.05) is 19.6 Å². The summed E-state index contributed by atoms with van der Waals surface area (Å²) in [4.78, 5) is 2.97. The van der Waals surface area contributed by atoms with Crippen LogP contribution in [0.1, 0.15) is 71.1 Å². The van der Waals surface area contributed by atoms with Crippen LogP contribution in [0.25, 0.3) is 0 Å². The highest BCUT2D eigenvalue weighted by molar-refractivity contribution is 5.01. The molecule has 0 amide bonds. The smallest absolute Gasteiger partial charge is 0.0337 e. The SMILES string of the molecule is CCC1CCC(N2CCNCC23CCCCC3)CC1. The molecule has 2 saturated carbocycles. The molecule has 3 fully saturated rings. The van der Waals surface area contributed by atoms with E-state index < -0.39 is 0 Å². The second kappa shape index (κ2) is 6.13. The predicted octanol–water partition coefficient (Wildman–Crippen LogP) is 3.56. The van der Waals surface area contributed by atoms with Crippen LogP contribution in [0, 0.1) is 5.92 Å². The van der Waals surface area contributed by atoms with Crippen molar-refractivity contribution in [1.29, 1.82) is 0 Å². The van der Waals surface area contributed by atoms with Gasteiger partial charge in [0.25, 0.3) is 0 Å². The summed E-state index contributed by atoms with van der Waals surface area (Å²) in [5.74, 6) is 1.03. The lowest BCUT2D eigenvalue weighted by molar-refractivity contribution is -0.0231. The highest BCUT2D eigenvalue weighted by Crippen LogP contribution is 2.39. The fraction of sp³-hybridized carbons (Fsp3) is 1.00. The third-order valence-corrected chi connectivity index (χ3v) is 6.21.